The van der Waals surface area contributed by atoms with Crippen molar-refractivity contribution in [2.24, 2.45) is 5.73 Å². The summed E-state index contributed by atoms with van der Waals surface area (Å²) in [7, 11) is 0. The van der Waals surface area contributed by atoms with Crippen LogP contribution in [0.25, 0.3) is 21.3 Å². The van der Waals surface area contributed by atoms with E-state index in [1.165, 1.54) is 16.2 Å². The average Bonchev–Trinajstić information content (AvgIpc) is 3.59. The second-order valence-electron chi connectivity index (χ2n) is 11.4. The van der Waals surface area contributed by atoms with Crippen molar-refractivity contribution in [1.29, 1.82) is 0 Å². The van der Waals surface area contributed by atoms with Crippen molar-refractivity contribution < 1.29 is 23.9 Å². The van der Waals surface area contributed by atoms with Gasteiger partial charge < -0.3 is 26.0 Å². The molecular weight excluding hydrogens is 616 g/mol. The van der Waals surface area contributed by atoms with Crippen LogP contribution in [0.4, 0.5) is 0 Å². The third-order valence-corrected chi connectivity index (χ3v) is 9.47. The Bertz CT molecular complexity index is 1550. The fourth-order valence-electron chi connectivity index (χ4n) is 5.74. The van der Waals surface area contributed by atoms with E-state index in [9.17, 15) is 19.2 Å². The molecule has 0 unspecified atom stereocenters. The number of nitrogens with zero attached hydrogens (tertiary/aromatic N) is 3. The summed E-state index contributed by atoms with van der Waals surface area (Å²) < 4.78 is 7.65. The van der Waals surface area contributed by atoms with Crippen LogP contribution in [0.15, 0.2) is 30.5 Å². The summed E-state index contributed by atoms with van der Waals surface area (Å²) in [6.45, 7) is 5.73. The minimum absolute atomic E-state index is 0.0479. The van der Waals surface area contributed by atoms with Crippen molar-refractivity contribution >= 4 is 56.8 Å². The van der Waals surface area contributed by atoms with Gasteiger partial charge in [-0.1, -0.05) is 11.6 Å². The highest BCUT2D eigenvalue weighted by Gasteiger charge is 2.30. The smallest absolute Gasteiger partial charge is 0.233 e. The largest absolute Gasteiger partial charge is 0.489 e. The van der Waals surface area contributed by atoms with E-state index in [1.807, 2.05) is 31.2 Å². The Labute approximate surface area is 271 Å². The van der Waals surface area contributed by atoms with E-state index < -0.39 is 0 Å². The van der Waals surface area contributed by atoms with Gasteiger partial charge >= 0.3 is 0 Å². The highest BCUT2D eigenvalue weighted by atomic mass is 35.5. The number of pyridine rings is 1. The molecule has 4 amide bonds. The highest BCUT2D eigenvalue weighted by molar-refractivity contribution is 7.19. The fourth-order valence-corrected chi connectivity index (χ4v) is 7.15. The number of carbonyl (C=O) groups is 4. The number of likely N-dealkylation sites (tertiary alicyclic amines) is 2. The van der Waals surface area contributed by atoms with Gasteiger partial charge in [-0.25, -0.2) is 0 Å². The third-order valence-electron chi connectivity index (χ3n) is 8.11. The molecule has 5 rings (SSSR count). The first-order chi connectivity index (χ1) is 21.7. The standard InChI is InChI=1S/C32H39ClN6O5S/c1-20-15-21(33)16-25(24-5-10-35-26-17-23(45-32(24)26)19-39-29(42)3-4-30(39)43)31(20)44-22-7-13-38(14-8-22)12-2-9-36-27(40)6-11-37-28(41)18-34/h5,10,15-17,22H,2-4,6-9,11-14,18-19,34H2,1H3,(H,36,40)(H,37,41). The number of hydrogen-bond donors (Lipinski definition) is 3. The first-order valence-electron chi connectivity index (χ1n) is 15.4. The Kier molecular flexibility index (Phi) is 11.0. The monoisotopic (exact) mass is 654 g/mol. The van der Waals surface area contributed by atoms with E-state index in [4.69, 9.17) is 22.1 Å². The summed E-state index contributed by atoms with van der Waals surface area (Å²) in [6.07, 6.45) is 5.18. The first-order valence-corrected chi connectivity index (χ1v) is 16.5. The minimum atomic E-state index is -0.268. The van der Waals surface area contributed by atoms with Crippen LogP contribution < -0.4 is 21.1 Å². The normalized spacial score (nSPS) is 16.0. The van der Waals surface area contributed by atoms with Crippen LogP contribution in [0.2, 0.25) is 5.02 Å². The molecule has 2 aliphatic heterocycles. The van der Waals surface area contributed by atoms with Crippen molar-refractivity contribution in [3.8, 4) is 16.9 Å². The van der Waals surface area contributed by atoms with Crippen molar-refractivity contribution in [2.75, 3.05) is 39.3 Å². The van der Waals surface area contributed by atoms with E-state index in [2.05, 4.69) is 20.5 Å². The van der Waals surface area contributed by atoms with Gasteiger partial charge in [0.1, 0.15) is 11.9 Å². The summed E-state index contributed by atoms with van der Waals surface area (Å²) in [6, 6.07) is 7.76. The maximum Gasteiger partial charge on any atom is 0.233 e. The van der Waals surface area contributed by atoms with Gasteiger partial charge in [-0.2, -0.15) is 0 Å². The number of rotatable bonds is 13. The lowest BCUT2D eigenvalue weighted by molar-refractivity contribution is -0.139. The molecule has 4 heterocycles. The summed E-state index contributed by atoms with van der Waals surface area (Å²) >= 11 is 8.09. The number of fused-ring (bicyclic) bond motifs is 1. The molecule has 0 radical (unpaired) electrons. The summed E-state index contributed by atoms with van der Waals surface area (Å²) in [5.41, 5.74) is 8.85. The topological polar surface area (TPSA) is 147 Å². The van der Waals surface area contributed by atoms with Gasteiger partial charge in [0.15, 0.2) is 0 Å². The van der Waals surface area contributed by atoms with E-state index >= 15 is 0 Å². The molecular formula is C32H39ClN6O5S. The minimum Gasteiger partial charge on any atom is -0.489 e. The predicted octanol–water partition coefficient (Wildman–Crippen LogP) is 3.39. The van der Waals surface area contributed by atoms with Gasteiger partial charge in [0, 0.05) is 72.7 Å². The number of piperidine rings is 1. The maximum absolute atomic E-state index is 12.2. The van der Waals surface area contributed by atoms with E-state index in [0.29, 0.717) is 11.6 Å². The zero-order valence-corrected chi connectivity index (χ0v) is 27.0. The molecule has 2 aliphatic rings. The number of nitrogens with one attached hydrogen (secondary N) is 2. The van der Waals surface area contributed by atoms with Crippen LogP contribution in [0.3, 0.4) is 0 Å². The third kappa shape index (κ3) is 8.37. The van der Waals surface area contributed by atoms with Crippen LogP contribution in [0.5, 0.6) is 5.75 Å². The quantitative estimate of drug-likeness (QED) is 0.188. The fraction of sp³-hybridized carbons (Fsp3) is 0.469. The molecule has 0 bridgehead atoms. The van der Waals surface area contributed by atoms with Crippen LogP contribution in [0, 0.1) is 6.92 Å². The number of hydrogen-bond acceptors (Lipinski definition) is 9. The molecule has 11 nitrogen and oxygen atoms in total. The number of nitrogens with two attached hydrogens (primary N) is 1. The van der Waals surface area contributed by atoms with Crippen LogP contribution >= 0.6 is 22.9 Å². The maximum atomic E-state index is 12.2. The molecule has 13 heteroatoms. The molecule has 240 valence electrons. The SMILES string of the molecule is Cc1cc(Cl)cc(-c2ccnc3cc(CN4C(=O)CCC4=O)sc23)c1OC1CCN(CCCNC(=O)CCNC(=O)CN)CC1. The van der Waals surface area contributed by atoms with Crippen LogP contribution in [0.1, 0.15) is 49.0 Å². The van der Waals surface area contributed by atoms with E-state index in [0.717, 1.165) is 76.4 Å². The van der Waals surface area contributed by atoms with Gasteiger partial charge in [0.05, 0.1) is 23.3 Å². The highest BCUT2D eigenvalue weighted by Crippen LogP contribution is 2.42. The zero-order valence-electron chi connectivity index (χ0n) is 25.4. The van der Waals surface area contributed by atoms with Crippen molar-refractivity contribution in [3.05, 3.63) is 45.9 Å². The molecule has 0 aliphatic carbocycles. The molecule has 1 aromatic carbocycles. The number of imide groups is 1. The van der Waals surface area contributed by atoms with E-state index in [1.54, 1.807) is 6.20 Å². The number of ether oxygens (including phenoxy) is 1. The Hall–Kier alpha value is -3.58. The Morgan fingerprint density at radius 1 is 1.07 bits per heavy atom. The molecule has 2 fully saturated rings. The molecule has 45 heavy (non-hydrogen) atoms. The zero-order chi connectivity index (χ0) is 31.9. The Morgan fingerprint density at radius 3 is 2.53 bits per heavy atom. The Balaban J connectivity index is 1.18. The average molecular weight is 655 g/mol. The van der Waals surface area contributed by atoms with Crippen molar-refractivity contribution in [1.82, 2.24) is 25.4 Å². The van der Waals surface area contributed by atoms with Crippen molar-refractivity contribution in [3.63, 3.8) is 0 Å². The number of halogens is 1. The lowest BCUT2D eigenvalue weighted by atomic mass is 10.0. The molecule has 4 N–H and O–H groups in total. The molecule has 2 aromatic heterocycles. The second kappa shape index (κ2) is 15.1. The molecule has 0 spiro atoms. The number of thiophene rings is 1. The van der Waals surface area contributed by atoms with Gasteiger partial charge in [0.25, 0.3) is 0 Å². The number of benzene rings is 1. The molecule has 3 aromatic rings. The number of aromatic nitrogens is 1. The van der Waals surface area contributed by atoms with Gasteiger partial charge in [0.2, 0.25) is 23.6 Å². The number of carbonyl (C=O) groups excluding carboxylic acids is 4. The van der Waals surface area contributed by atoms with Crippen LogP contribution in [-0.2, 0) is 25.7 Å². The van der Waals surface area contributed by atoms with Crippen molar-refractivity contribution in [2.45, 2.75) is 58.1 Å². The van der Waals surface area contributed by atoms with Gasteiger partial charge in [-0.15, -0.1) is 11.3 Å². The number of amides is 4. The van der Waals surface area contributed by atoms with Crippen LogP contribution in [-0.4, -0.2) is 83.8 Å². The molecule has 2 saturated heterocycles. The lowest BCUT2D eigenvalue weighted by Crippen LogP contribution is -2.40. The molecule has 0 atom stereocenters. The summed E-state index contributed by atoms with van der Waals surface area (Å²) in [4.78, 5) is 56.7. The summed E-state index contributed by atoms with van der Waals surface area (Å²) in [5.74, 6) is 0.181. The van der Waals surface area contributed by atoms with E-state index in [-0.39, 0.29) is 68.6 Å². The predicted molar refractivity (Wildman–Crippen MR) is 174 cm³/mol. The number of aryl methyl sites for hydroxylation is 1. The Morgan fingerprint density at radius 2 is 1.80 bits per heavy atom. The second-order valence-corrected chi connectivity index (χ2v) is 13.0. The first kappa shape index (κ1) is 32.8. The van der Waals surface area contributed by atoms with Gasteiger partial charge in [-0.05, 0) is 62.6 Å². The molecule has 0 saturated carbocycles. The lowest BCUT2D eigenvalue weighted by Gasteiger charge is -2.33. The summed E-state index contributed by atoms with van der Waals surface area (Å²) in [5, 5.41) is 6.12. The van der Waals surface area contributed by atoms with Gasteiger partial charge in [-0.3, -0.25) is 29.1 Å².